The molecule has 91 heavy (non-hydrogen) atoms. The fraction of sp³-hybridized carbons (Fsp3) is 0.944. The molecule has 3 unspecified atom stereocenters. The molecule has 0 aliphatic rings. The van der Waals surface area contributed by atoms with Gasteiger partial charge in [0, 0.05) is 25.7 Å². The smallest absolute Gasteiger partial charge is 0.462 e. The highest BCUT2D eigenvalue weighted by atomic mass is 31.2. The van der Waals surface area contributed by atoms with Crippen LogP contribution in [-0.4, -0.2) is 96.7 Å². The largest absolute Gasteiger partial charge is 0.472 e. The molecule has 0 saturated heterocycles. The van der Waals surface area contributed by atoms with E-state index in [1.165, 1.54) is 148 Å². The van der Waals surface area contributed by atoms with Crippen LogP contribution in [0.2, 0.25) is 0 Å². The number of hydrogen-bond donors (Lipinski definition) is 3. The molecule has 0 heterocycles. The van der Waals surface area contributed by atoms with Gasteiger partial charge in [0.15, 0.2) is 12.2 Å². The van der Waals surface area contributed by atoms with Gasteiger partial charge < -0.3 is 33.8 Å². The summed E-state index contributed by atoms with van der Waals surface area (Å²) in [4.78, 5) is 72.6. The van der Waals surface area contributed by atoms with Crippen molar-refractivity contribution < 1.29 is 80.2 Å². The van der Waals surface area contributed by atoms with Crippen LogP contribution in [0, 0.1) is 23.7 Å². The molecule has 5 atom stereocenters. The topological polar surface area (TPSA) is 237 Å². The molecule has 0 spiro atoms. The van der Waals surface area contributed by atoms with Crippen LogP contribution in [-0.2, 0) is 65.4 Å². The highest BCUT2D eigenvalue weighted by molar-refractivity contribution is 7.47. The Balaban J connectivity index is 5.23. The Morgan fingerprint density at radius 3 is 0.681 bits per heavy atom. The van der Waals surface area contributed by atoms with Crippen LogP contribution in [0.5, 0.6) is 0 Å². The number of esters is 4. The SMILES string of the molecule is CC(C)CCCCCCCCCCCCCCCCC(=O)O[C@H](COC(=O)CCCCCCCCCC(C)C)COP(=O)(O)OCC(O)COP(=O)(O)OC[C@@H](COC(=O)CCCCCCCCCC(C)C)OC(=O)CCCCCCCCCCCCCC(C)C. The maximum atomic E-state index is 13.0. The number of hydrogen-bond acceptors (Lipinski definition) is 15. The fourth-order valence-electron chi connectivity index (χ4n) is 10.8. The molecule has 0 aromatic heterocycles. The van der Waals surface area contributed by atoms with Gasteiger partial charge in [-0.05, 0) is 49.4 Å². The van der Waals surface area contributed by atoms with Gasteiger partial charge in [-0.25, -0.2) is 9.13 Å². The van der Waals surface area contributed by atoms with E-state index in [9.17, 15) is 43.2 Å². The number of rotatable bonds is 69. The molecule has 540 valence electrons. The van der Waals surface area contributed by atoms with Crippen LogP contribution in [0.15, 0.2) is 0 Å². The van der Waals surface area contributed by atoms with Crippen molar-refractivity contribution >= 4 is 39.5 Å². The molecule has 0 aliphatic carbocycles. The monoisotopic (exact) mass is 1340 g/mol. The Morgan fingerprint density at radius 2 is 0.462 bits per heavy atom. The summed E-state index contributed by atoms with van der Waals surface area (Å²) < 4.78 is 68.3. The van der Waals surface area contributed by atoms with Gasteiger partial charge in [-0.15, -0.1) is 0 Å². The molecule has 0 amide bonds. The first kappa shape index (κ1) is 89.1. The van der Waals surface area contributed by atoms with Crippen LogP contribution in [0.4, 0.5) is 0 Å². The van der Waals surface area contributed by atoms with Gasteiger partial charge in [-0.2, -0.15) is 0 Å². The third kappa shape index (κ3) is 66.5. The molecule has 0 aliphatic heterocycles. The maximum Gasteiger partial charge on any atom is 0.472 e. The lowest BCUT2D eigenvalue weighted by atomic mass is 10.0. The summed E-state index contributed by atoms with van der Waals surface area (Å²) in [7, 11) is -9.91. The third-order valence-electron chi connectivity index (χ3n) is 16.6. The molecule has 3 N–H and O–H groups in total. The van der Waals surface area contributed by atoms with Crippen molar-refractivity contribution in [3.63, 3.8) is 0 Å². The summed E-state index contributed by atoms with van der Waals surface area (Å²) in [6, 6.07) is 0. The van der Waals surface area contributed by atoms with E-state index >= 15 is 0 Å². The Kier molecular flexibility index (Phi) is 60.3. The van der Waals surface area contributed by atoms with Gasteiger partial charge in [-0.1, -0.05) is 306 Å². The summed E-state index contributed by atoms with van der Waals surface area (Å²) in [5.41, 5.74) is 0. The highest BCUT2D eigenvalue weighted by Crippen LogP contribution is 2.45. The van der Waals surface area contributed by atoms with Crippen LogP contribution in [0.25, 0.3) is 0 Å². The predicted molar refractivity (Wildman–Crippen MR) is 367 cm³/mol. The summed E-state index contributed by atoms with van der Waals surface area (Å²) in [6.07, 6.45) is 44.6. The maximum absolute atomic E-state index is 13.0. The average molecular weight is 1340 g/mol. The van der Waals surface area contributed by atoms with E-state index in [4.69, 9.17) is 37.0 Å². The number of phosphoric ester groups is 2. The number of phosphoric acid groups is 2. The Hall–Kier alpha value is -1.94. The number of ether oxygens (including phenoxy) is 4. The van der Waals surface area contributed by atoms with Crippen molar-refractivity contribution in [3.8, 4) is 0 Å². The zero-order chi connectivity index (χ0) is 67.5. The van der Waals surface area contributed by atoms with E-state index in [0.717, 1.165) is 115 Å². The quantitative estimate of drug-likeness (QED) is 0.0222. The lowest BCUT2D eigenvalue weighted by Crippen LogP contribution is -2.30. The number of aliphatic hydroxyl groups is 1. The highest BCUT2D eigenvalue weighted by Gasteiger charge is 2.30. The van der Waals surface area contributed by atoms with Crippen LogP contribution in [0.3, 0.4) is 0 Å². The van der Waals surface area contributed by atoms with Gasteiger partial charge in [0.2, 0.25) is 0 Å². The lowest BCUT2D eigenvalue weighted by Gasteiger charge is -2.21. The van der Waals surface area contributed by atoms with Gasteiger partial charge in [0.25, 0.3) is 0 Å². The molecular weight excluding hydrogens is 1200 g/mol. The van der Waals surface area contributed by atoms with Crippen molar-refractivity contribution in [2.24, 2.45) is 23.7 Å². The second-order valence-electron chi connectivity index (χ2n) is 27.9. The number of carbonyl (C=O) groups is 4. The molecule has 19 heteroatoms. The van der Waals surface area contributed by atoms with E-state index < -0.39 is 97.5 Å². The molecule has 0 rings (SSSR count). The van der Waals surface area contributed by atoms with Gasteiger partial charge in [0.1, 0.15) is 19.3 Å². The number of aliphatic hydroxyl groups excluding tert-OH is 1. The molecule has 0 saturated carbocycles. The normalized spacial score (nSPS) is 14.2. The van der Waals surface area contributed by atoms with E-state index in [-0.39, 0.29) is 25.7 Å². The first-order valence-electron chi connectivity index (χ1n) is 37.2. The van der Waals surface area contributed by atoms with Crippen molar-refractivity contribution in [1.29, 1.82) is 0 Å². The molecule has 0 radical (unpaired) electrons. The van der Waals surface area contributed by atoms with Crippen LogP contribution in [0.1, 0.15) is 357 Å². The molecule has 0 fully saturated rings. The number of unbranched alkanes of at least 4 members (excludes halogenated alkanes) is 35. The number of carbonyl (C=O) groups excluding carboxylic acids is 4. The Morgan fingerprint density at radius 1 is 0.275 bits per heavy atom. The van der Waals surface area contributed by atoms with E-state index in [2.05, 4.69) is 55.4 Å². The van der Waals surface area contributed by atoms with Crippen molar-refractivity contribution in [3.05, 3.63) is 0 Å². The Bertz CT molecular complexity index is 1800. The molecule has 0 aromatic rings. The van der Waals surface area contributed by atoms with Crippen LogP contribution < -0.4 is 0 Å². The van der Waals surface area contributed by atoms with E-state index in [0.29, 0.717) is 37.5 Å². The first-order chi connectivity index (χ1) is 43.6. The average Bonchev–Trinajstić information content (AvgIpc) is 2.49. The summed E-state index contributed by atoms with van der Waals surface area (Å²) >= 11 is 0. The summed E-state index contributed by atoms with van der Waals surface area (Å²) in [6.45, 7) is 14.1. The van der Waals surface area contributed by atoms with E-state index in [1.54, 1.807) is 0 Å². The predicted octanol–water partition coefficient (Wildman–Crippen LogP) is 20.5. The minimum Gasteiger partial charge on any atom is -0.462 e. The molecular formula is C72H140O17P2. The van der Waals surface area contributed by atoms with Crippen LogP contribution >= 0.6 is 15.6 Å². The van der Waals surface area contributed by atoms with Crippen molar-refractivity contribution in [2.75, 3.05) is 39.6 Å². The first-order valence-corrected chi connectivity index (χ1v) is 40.2. The lowest BCUT2D eigenvalue weighted by molar-refractivity contribution is -0.161. The minimum absolute atomic E-state index is 0.105. The zero-order valence-electron chi connectivity index (χ0n) is 59.5. The molecule has 0 bridgehead atoms. The zero-order valence-corrected chi connectivity index (χ0v) is 61.3. The van der Waals surface area contributed by atoms with E-state index in [1.807, 2.05) is 0 Å². The second-order valence-corrected chi connectivity index (χ2v) is 30.8. The minimum atomic E-state index is -4.95. The van der Waals surface area contributed by atoms with Crippen molar-refractivity contribution in [1.82, 2.24) is 0 Å². The van der Waals surface area contributed by atoms with Gasteiger partial charge >= 0.3 is 39.5 Å². The third-order valence-corrected chi connectivity index (χ3v) is 18.5. The fourth-order valence-corrected chi connectivity index (χ4v) is 12.4. The molecule has 0 aromatic carbocycles. The van der Waals surface area contributed by atoms with Gasteiger partial charge in [-0.3, -0.25) is 37.3 Å². The standard InChI is InChI=1S/C72H140O17P2/c1-62(2)48-40-32-24-18-14-11-9-10-12-16-20-28-38-46-54-71(76)88-67(58-82-69(74)52-44-36-30-22-26-34-42-50-64(5)6)60-86-90(78,79)84-56-66(73)57-85-91(80,81)87-61-68(59-83-70(75)53-45-37-31-23-27-35-43-51-65(7)8)89-72(77)55-47-39-29-21-17-13-15-19-25-33-41-49-63(3)4/h62-68,73H,9-61H2,1-8H3,(H,78,79)(H,80,81)/t66?,67-,68-/m1/s1. The second kappa shape index (κ2) is 61.6. The summed E-state index contributed by atoms with van der Waals surface area (Å²) in [5, 5.41) is 10.6. The van der Waals surface area contributed by atoms with Gasteiger partial charge in [0.05, 0.1) is 26.4 Å². The summed E-state index contributed by atoms with van der Waals surface area (Å²) in [5.74, 6) is 0.843. The van der Waals surface area contributed by atoms with Crippen molar-refractivity contribution in [2.45, 2.75) is 375 Å². The molecule has 17 nitrogen and oxygen atoms in total. The Labute approximate surface area is 556 Å².